The van der Waals surface area contributed by atoms with E-state index in [1.54, 1.807) is 26.0 Å². The van der Waals surface area contributed by atoms with Crippen molar-refractivity contribution >= 4 is 15.9 Å². The molecule has 1 amide bonds. The zero-order valence-electron chi connectivity index (χ0n) is 15.5. The van der Waals surface area contributed by atoms with Crippen molar-refractivity contribution in [2.24, 2.45) is 0 Å². The molecule has 0 aliphatic carbocycles. The van der Waals surface area contributed by atoms with E-state index >= 15 is 0 Å². The standard InChI is InChI=1S/C20H26N2O3S/c1-15(2)22-26(24,25)14-19-10-8-18(9-11-19)13-21-20(23)12-17-6-4-16(3)5-7-17/h4-11,15,22H,12-14H2,1-3H3,(H,21,23). The van der Waals surface area contributed by atoms with Crippen molar-refractivity contribution in [2.75, 3.05) is 0 Å². The highest BCUT2D eigenvalue weighted by molar-refractivity contribution is 7.88. The number of rotatable bonds is 8. The summed E-state index contributed by atoms with van der Waals surface area (Å²) in [5.74, 6) is -0.0905. The van der Waals surface area contributed by atoms with Crippen molar-refractivity contribution in [1.82, 2.24) is 10.0 Å². The van der Waals surface area contributed by atoms with Crippen molar-refractivity contribution in [3.8, 4) is 0 Å². The van der Waals surface area contributed by atoms with Gasteiger partial charge >= 0.3 is 0 Å². The van der Waals surface area contributed by atoms with Gasteiger partial charge < -0.3 is 5.32 Å². The van der Waals surface area contributed by atoms with E-state index in [0.717, 1.165) is 11.1 Å². The molecule has 0 saturated carbocycles. The Morgan fingerprint density at radius 2 is 1.46 bits per heavy atom. The first-order valence-corrected chi connectivity index (χ1v) is 10.3. The van der Waals surface area contributed by atoms with E-state index in [1.807, 2.05) is 43.3 Å². The van der Waals surface area contributed by atoms with Crippen molar-refractivity contribution in [3.05, 3.63) is 70.8 Å². The fourth-order valence-electron chi connectivity index (χ4n) is 2.53. The van der Waals surface area contributed by atoms with Crippen molar-refractivity contribution in [2.45, 2.75) is 45.5 Å². The van der Waals surface area contributed by atoms with E-state index in [-0.39, 0.29) is 17.7 Å². The number of amides is 1. The second-order valence-electron chi connectivity index (χ2n) is 6.79. The summed E-state index contributed by atoms with van der Waals surface area (Å²) in [7, 11) is -3.33. The summed E-state index contributed by atoms with van der Waals surface area (Å²) in [6, 6.07) is 15.0. The number of aryl methyl sites for hydroxylation is 1. The zero-order chi connectivity index (χ0) is 19.2. The van der Waals surface area contributed by atoms with Gasteiger partial charge in [-0.3, -0.25) is 4.79 Å². The molecule has 26 heavy (non-hydrogen) atoms. The Bertz CT molecular complexity index is 826. The monoisotopic (exact) mass is 374 g/mol. The molecule has 6 heteroatoms. The largest absolute Gasteiger partial charge is 0.352 e. The van der Waals surface area contributed by atoms with E-state index in [1.165, 1.54) is 5.56 Å². The molecule has 0 fully saturated rings. The van der Waals surface area contributed by atoms with Gasteiger partial charge in [-0.05, 0) is 37.5 Å². The Hall–Kier alpha value is -2.18. The highest BCUT2D eigenvalue weighted by atomic mass is 32.2. The number of nitrogens with one attached hydrogen (secondary N) is 2. The molecule has 0 bridgehead atoms. The molecular weight excluding hydrogens is 348 g/mol. The lowest BCUT2D eigenvalue weighted by Gasteiger charge is -2.10. The SMILES string of the molecule is Cc1ccc(CC(=O)NCc2ccc(CS(=O)(=O)NC(C)C)cc2)cc1. The van der Waals surface area contributed by atoms with Gasteiger partial charge in [-0.25, -0.2) is 13.1 Å². The van der Waals surface area contributed by atoms with Crippen LogP contribution >= 0.6 is 0 Å². The molecule has 0 aliphatic rings. The minimum Gasteiger partial charge on any atom is -0.352 e. The first-order valence-electron chi connectivity index (χ1n) is 8.63. The molecule has 140 valence electrons. The third kappa shape index (κ3) is 6.98. The molecule has 0 aliphatic heterocycles. The first-order chi connectivity index (χ1) is 12.2. The van der Waals surface area contributed by atoms with Gasteiger partial charge in [0.1, 0.15) is 0 Å². The molecule has 5 nitrogen and oxygen atoms in total. The topological polar surface area (TPSA) is 75.3 Å². The Morgan fingerprint density at radius 3 is 2.04 bits per heavy atom. The molecule has 0 aromatic heterocycles. The summed E-state index contributed by atoms with van der Waals surface area (Å²) in [5, 5.41) is 2.89. The minimum atomic E-state index is -3.33. The molecular formula is C20H26N2O3S. The van der Waals surface area contributed by atoms with Crippen LogP contribution in [0.4, 0.5) is 0 Å². The number of hydrogen-bond acceptors (Lipinski definition) is 3. The molecule has 2 N–H and O–H groups in total. The van der Waals surface area contributed by atoms with Crippen LogP contribution in [0.2, 0.25) is 0 Å². The molecule has 0 saturated heterocycles. The summed E-state index contributed by atoms with van der Waals surface area (Å²) in [4.78, 5) is 12.0. The second kappa shape index (κ2) is 8.96. The molecule has 0 atom stereocenters. The van der Waals surface area contributed by atoms with Crippen LogP contribution in [0, 0.1) is 6.92 Å². The van der Waals surface area contributed by atoms with Gasteiger partial charge in [-0.15, -0.1) is 0 Å². The maximum atomic E-state index is 12.0. The van der Waals surface area contributed by atoms with Gasteiger partial charge in [-0.1, -0.05) is 54.1 Å². The number of hydrogen-bond donors (Lipinski definition) is 2. The lowest BCUT2D eigenvalue weighted by molar-refractivity contribution is -0.120. The number of benzene rings is 2. The molecule has 0 radical (unpaired) electrons. The molecule has 0 unspecified atom stereocenters. The highest BCUT2D eigenvalue weighted by Gasteiger charge is 2.12. The average molecular weight is 375 g/mol. The fourth-order valence-corrected chi connectivity index (χ4v) is 3.96. The predicted molar refractivity (Wildman–Crippen MR) is 104 cm³/mol. The molecule has 0 heterocycles. The highest BCUT2D eigenvalue weighted by Crippen LogP contribution is 2.09. The lowest BCUT2D eigenvalue weighted by Crippen LogP contribution is -2.31. The molecule has 2 aromatic carbocycles. The van der Waals surface area contributed by atoms with Gasteiger partial charge in [0.15, 0.2) is 0 Å². The van der Waals surface area contributed by atoms with Gasteiger partial charge in [0.2, 0.25) is 15.9 Å². The quantitative estimate of drug-likeness (QED) is 0.746. The van der Waals surface area contributed by atoms with Gasteiger partial charge in [0.05, 0.1) is 12.2 Å². The minimum absolute atomic E-state index is 0.0401. The summed E-state index contributed by atoms with van der Waals surface area (Å²) in [5.41, 5.74) is 3.79. The third-order valence-electron chi connectivity index (χ3n) is 3.77. The van der Waals surface area contributed by atoms with Gasteiger partial charge in [0, 0.05) is 12.6 Å². The van der Waals surface area contributed by atoms with E-state index in [9.17, 15) is 13.2 Å². The smallest absolute Gasteiger partial charge is 0.224 e. The van der Waals surface area contributed by atoms with E-state index in [4.69, 9.17) is 0 Å². The van der Waals surface area contributed by atoms with E-state index in [2.05, 4.69) is 10.0 Å². The van der Waals surface area contributed by atoms with Crippen LogP contribution in [0.3, 0.4) is 0 Å². The van der Waals surface area contributed by atoms with Crippen LogP contribution in [0.25, 0.3) is 0 Å². The van der Waals surface area contributed by atoms with Crippen LogP contribution in [-0.4, -0.2) is 20.4 Å². The van der Waals surface area contributed by atoms with Crippen molar-refractivity contribution < 1.29 is 13.2 Å². The van der Waals surface area contributed by atoms with Crippen LogP contribution in [0.5, 0.6) is 0 Å². The Balaban J connectivity index is 1.85. The van der Waals surface area contributed by atoms with E-state index < -0.39 is 10.0 Å². The maximum absolute atomic E-state index is 12.0. The number of carbonyl (C=O) groups is 1. The summed E-state index contributed by atoms with van der Waals surface area (Å²) >= 11 is 0. The zero-order valence-corrected chi connectivity index (χ0v) is 16.3. The van der Waals surface area contributed by atoms with Gasteiger partial charge in [0.25, 0.3) is 0 Å². The Labute approximate surface area is 155 Å². The van der Waals surface area contributed by atoms with Crippen LogP contribution in [-0.2, 0) is 33.5 Å². The summed E-state index contributed by atoms with van der Waals surface area (Å²) < 4.78 is 26.4. The van der Waals surface area contributed by atoms with Crippen LogP contribution in [0.15, 0.2) is 48.5 Å². The number of carbonyl (C=O) groups excluding carboxylic acids is 1. The molecule has 2 aromatic rings. The van der Waals surface area contributed by atoms with Crippen molar-refractivity contribution in [3.63, 3.8) is 0 Å². The normalized spacial score (nSPS) is 11.5. The lowest BCUT2D eigenvalue weighted by atomic mass is 10.1. The fraction of sp³-hybridized carbons (Fsp3) is 0.350. The van der Waals surface area contributed by atoms with Crippen LogP contribution in [0.1, 0.15) is 36.1 Å². The summed E-state index contributed by atoms with van der Waals surface area (Å²) in [6.07, 6.45) is 0.345. The Kier molecular flexibility index (Phi) is 6.94. The Morgan fingerprint density at radius 1 is 0.923 bits per heavy atom. The van der Waals surface area contributed by atoms with E-state index in [0.29, 0.717) is 18.5 Å². The number of sulfonamides is 1. The first kappa shape index (κ1) is 20.1. The predicted octanol–water partition coefficient (Wildman–Crippen LogP) is 2.68. The maximum Gasteiger partial charge on any atom is 0.224 e. The second-order valence-corrected chi connectivity index (χ2v) is 8.54. The molecule has 0 spiro atoms. The summed E-state index contributed by atoms with van der Waals surface area (Å²) in [6.45, 7) is 6.01. The van der Waals surface area contributed by atoms with Crippen molar-refractivity contribution in [1.29, 1.82) is 0 Å². The molecule has 2 rings (SSSR count). The van der Waals surface area contributed by atoms with Gasteiger partial charge in [-0.2, -0.15) is 0 Å². The average Bonchev–Trinajstić information content (AvgIpc) is 2.55. The third-order valence-corrected chi connectivity index (χ3v) is 5.31. The van der Waals surface area contributed by atoms with Crippen LogP contribution < -0.4 is 10.0 Å².